The Balaban J connectivity index is 2.14. The lowest BCUT2D eigenvalue weighted by Gasteiger charge is -2.17. The molecule has 0 unspecified atom stereocenters. The Morgan fingerprint density at radius 3 is 2.89 bits per heavy atom. The Morgan fingerprint density at radius 1 is 1.42 bits per heavy atom. The molecule has 6 heteroatoms. The SMILES string of the molecule is COCc1ccccc1C(=O)N(C)Cc1ncn[nH]1. The van der Waals surface area contributed by atoms with Crippen LogP contribution in [-0.4, -0.2) is 40.1 Å². The predicted octanol–water partition coefficient (Wildman–Crippen LogP) is 1.22. The van der Waals surface area contributed by atoms with Crippen LogP contribution < -0.4 is 0 Å². The molecule has 0 fully saturated rings. The number of aromatic nitrogens is 3. The average molecular weight is 260 g/mol. The monoisotopic (exact) mass is 260 g/mol. The van der Waals surface area contributed by atoms with Crippen molar-refractivity contribution in [2.24, 2.45) is 0 Å². The molecular weight excluding hydrogens is 244 g/mol. The zero-order chi connectivity index (χ0) is 13.7. The summed E-state index contributed by atoms with van der Waals surface area (Å²) in [5.74, 6) is 0.587. The smallest absolute Gasteiger partial charge is 0.254 e. The van der Waals surface area contributed by atoms with E-state index >= 15 is 0 Å². The third kappa shape index (κ3) is 3.17. The van der Waals surface area contributed by atoms with Crippen molar-refractivity contribution >= 4 is 5.91 Å². The summed E-state index contributed by atoms with van der Waals surface area (Å²) in [4.78, 5) is 18.0. The summed E-state index contributed by atoms with van der Waals surface area (Å²) in [5.41, 5.74) is 1.52. The molecule has 0 aliphatic heterocycles. The van der Waals surface area contributed by atoms with Crippen molar-refractivity contribution in [3.8, 4) is 0 Å². The fourth-order valence-corrected chi connectivity index (χ4v) is 1.82. The van der Waals surface area contributed by atoms with E-state index in [0.29, 0.717) is 24.5 Å². The highest BCUT2D eigenvalue weighted by Crippen LogP contribution is 2.13. The topological polar surface area (TPSA) is 71.1 Å². The molecule has 1 N–H and O–H groups in total. The molecule has 0 aliphatic rings. The molecule has 1 heterocycles. The van der Waals surface area contributed by atoms with Gasteiger partial charge in [-0.2, -0.15) is 5.10 Å². The second-order valence-corrected chi connectivity index (χ2v) is 4.18. The van der Waals surface area contributed by atoms with Crippen LogP contribution in [0.4, 0.5) is 0 Å². The van der Waals surface area contributed by atoms with Gasteiger partial charge in [-0.25, -0.2) is 4.98 Å². The van der Waals surface area contributed by atoms with E-state index in [4.69, 9.17) is 4.74 Å². The molecule has 0 atom stereocenters. The molecule has 19 heavy (non-hydrogen) atoms. The van der Waals surface area contributed by atoms with Gasteiger partial charge in [0.1, 0.15) is 12.2 Å². The molecular formula is C13H16N4O2. The Labute approximate surface area is 111 Å². The molecule has 0 bridgehead atoms. The van der Waals surface area contributed by atoms with E-state index in [0.717, 1.165) is 5.56 Å². The first-order valence-corrected chi connectivity index (χ1v) is 5.89. The molecule has 2 rings (SSSR count). The Hall–Kier alpha value is -2.21. The molecule has 1 aromatic carbocycles. The first-order chi connectivity index (χ1) is 9.22. The van der Waals surface area contributed by atoms with Gasteiger partial charge in [-0.15, -0.1) is 0 Å². The van der Waals surface area contributed by atoms with Crippen molar-refractivity contribution in [2.75, 3.05) is 14.2 Å². The number of rotatable bonds is 5. The van der Waals surface area contributed by atoms with Crippen LogP contribution in [0.2, 0.25) is 0 Å². The summed E-state index contributed by atoms with van der Waals surface area (Å²) in [6, 6.07) is 7.42. The minimum absolute atomic E-state index is 0.0657. The van der Waals surface area contributed by atoms with Gasteiger partial charge in [-0.1, -0.05) is 18.2 Å². The Bertz CT molecular complexity index is 539. The summed E-state index contributed by atoms with van der Waals surface area (Å²) in [7, 11) is 3.34. The fraction of sp³-hybridized carbons (Fsp3) is 0.308. The van der Waals surface area contributed by atoms with Crippen molar-refractivity contribution in [3.05, 3.63) is 47.5 Å². The number of aromatic amines is 1. The molecule has 0 saturated heterocycles. The van der Waals surface area contributed by atoms with E-state index in [9.17, 15) is 4.79 Å². The van der Waals surface area contributed by atoms with E-state index in [2.05, 4.69) is 15.2 Å². The van der Waals surface area contributed by atoms with Gasteiger partial charge < -0.3 is 9.64 Å². The second-order valence-electron chi connectivity index (χ2n) is 4.18. The van der Waals surface area contributed by atoms with Gasteiger partial charge in [0.15, 0.2) is 0 Å². The number of carbonyl (C=O) groups excluding carboxylic acids is 1. The van der Waals surface area contributed by atoms with Crippen LogP contribution in [0.5, 0.6) is 0 Å². The van der Waals surface area contributed by atoms with Gasteiger partial charge in [-0.05, 0) is 11.6 Å². The normalized spacial score (nSPS) is 10.4. The van der Waals surface area contributed by atoms with E-state index in [1.165, 1.54) is 6.33 Å². The summed E-state index contributed by atoms with van der Waals surface area (Å²) in [6.07, 6.45) is 1.42. The number of nitrogens with one attached hydrogen (secondary N) is 1. The van der Waals surface area contributed by atoms with Gasteiger partial charge in [-0.3, -0.25) is 9.89 Å². The highest BCUT2D eigenvalue weighted by Gasteiger charge is 2.16. The lowest BCUT2D eigenvalue weighted by molar-refractivity contribution is 0.0777. The molecule has 1 aromatic heterocycles. The predicted molar refractivity (Wildman–Crippen MR) is 69.3 cm³/mol. The lowest BCUT2D eigenvalue weighted by Crippen LogP contribution is -2.27. The first kappa shape index (κ1) is 13.2. The van der Waals surface area contributed by atoms with Crippen LogP contribution in [0.1, 0.15) is 21.7 Å². The zero-order valence-corrected chi connectivity index (χ0v) is 11.0. The summed E-state index contributed by atoms with van der Waals surface area (Å²) in [6.45, 7) is 0.804. The molecule has 6 nitrogen and oxygen atoms in total. The maximum atomic E-state index is 12.4. The quantitative estimate of drug-likeness (QED) is 0.877. The second kappa shape index (κ2) is 6.10. The van der Waals surface area contributed by atoms with Crippen molar-refractivity contribution in [1.82, 2.24) is 20.1 Å². The average Bonchev–Trinajstić information content (AvgIpc) is 2.92. The van der Waals surface area contributed by atoms with Gasteiger partial charge in [0.25, 0.3) is 5.91 Å². The summed E-state index contributed by atoms with van der Waals surface area (Å²) >= 11 is 0. The number of ether oxygens (including phenoxy) is 1. The van der Waals surface area contributed by atoms with Crippen molar-refractivity contribution in [1.29, 1.82) is 0 Å². The maximum absolute atomic E-state index is 12.4. The van der Waals surface area contributed by atoms with Gasteiger partial charge in [0, 0.05) is 19.7 Å². The van der Waals surface area contributed by atoms with Gasteiger partial charge >= 0.3 is 0 Å². The third-order valence-corrected chi connectivity index (χ3v) is 2.75. The van der Waals surface area contributed by atoms with Crippen LogP contribution in [-0.2, 0) is 17.9 Å². The maximum Gasteiger partial charge on any atom is 0.254 e. The number of nitrogens with zero attached hydrogens (tertiary/aromatic N) is 3. The highest BCUT2D eigenvalue weighted by atomic mass is 16.5. The number of hydrogen-bond donors (Lipinski definition) is 1. The van der Waals surface area contributed by atoms with Gasteiger partial charge in [0.2, 0.25) is 0 Å². The number of benzene rings is 1. The van der Waals surface area contributed by atoms with Crippen molar-refractivity contribution < 1.29 is 9.53 Å². The van der Waals surface area contributed by atoms with Crippen LogP contribution >= 0.6 is 0 Å². The highest BCUT2D eigenvalue weighted by molar-refractivity contribution is 5.95. The molecule has 1 amide bonds. The van der Waals surface area contributed by atoms with E-state index in [1.54, 1.807) is 25.1 Å². The van der Waals surface area contributed by atoms with E-state index in [-0.39, 0.29) is 5.91 Å². The van der Waals surface area contributed by atoms with Crippen LogP contribution in [0.15, 0.2) is 30.6 Å². The lowest BCUT2D eigenvalue weighted by atomic mass is 10.1. The Morgan fingerprint density at radius 2 is 2.21 bits per heavy atom. The summed E-state index contributed by atoms with van der Waals surface area (Å²) in [5, 5.41) is 6.49. The number of carbonyl (C=O) groups is 1. The molecule has 0 saturated carbocycles. The molecule has 2 aromatic rings. The number of hydrogen-bond acceptors (Lipinski definition) is 4. The van der Waals surface area contributed by atoms with Crippen molar-refractivity contribution in [3.63, 3.8) is 0 Å². The van der Waals surface area contributed by atoms with Crippen LogP contribution in [0.3, 0.4) is 0 Å². The van der Waals surface area contributed by atoms with E-state index < -0.39 is 0 Å². The minimum atomic E-state index is -0.0657. The largest absolute Gasteiger partial charge is 0.380 e. The fourth-order valence-electron chi connectivity index (χ4n) is 1.82. The standard InChI is InChI=1S/C13H16N4O2/c1-17(7-12-14-9-15-16-12)13(18)11-6-4-3-5-10(11)8-19-2/h3-6,9H,7-8H2,1-2H3,(H,14,15,16). The number of methoxy groups -OCH3 is 1. The van der Waals surface area contributed by atoms with Crippen LogP contribution in [0.25, 0.3) is 0 Å². The van der Waals surface area contributed by atoms with Crippen molar-refractivity contribution in [2.45, 2.75) is 13.2 Å². The molecule has 0 radical (unpaired) electrons. The zero-order valence-electron chi connectivity index (χ0n) is 11.0. The number of H-pyrrole nitrogens is 1. The minimum Gasteiger partial charge on any atom is -0.380 e. The summed E-state index contributed by atoms with van der Waals surface area (Å²) < 4.78 is 5.11. The molecule has 0 aliphatic carbocycles. The molecule has 100 valence electrons. The van der Waals surface area contributed by atoms with Gasteiger partial charge in [0.05, 0.1) is 13.2 Å². The van der Waals surface area contributed by atoms with Crippen LogP contribution in [0, 0.1) is 0 Å². The third-order valence-electron chi connectivity index (χ3n) is 2.75. The van der Waals surface area contributed by atoms with E-state index in [1.807, 2.05) is 18.2 Å². The Kier molecular flexibility index (Phi) is 4.25. The molecule has 0 spiro atoms. The number of amides is 1. The first-order valence-electron chi connectivity index (χ1n) is 5.89.